The number of hydrogen-bond acceptors (Lipinski definition) is 2. The molecule has 1 unspecified atom stereocenters. The topological polar surface area (TPSA) is 21.3 Å². The first-order chi connectivity index (χ1) is 8.04. The van der Waals surface area contributed by atoms with Crippen molar-refractivity contribution in [2.75, 3.05) is 19.8 Å². The summed E-state index contributed by atoms with van der Waals surface area (Å²) in [5, 5.41) is 3.57. The van der Waals surface area contributed by atoms with Gasteiger partial charge in [0.05, 0.1) is 0 Å². The van der Waals surface area contributed by atoms with E-state index in [1.54, 1.807) is 0 Å². The average Bonchev–Trinajstić information content (AvgIpc) is 2.27. The molecule has 17 heavy (non-hydrogen) atoms. The van der Waals surface area contributed by atoms with Crippen molar-refractivity contribution in [2.45, 2.75) is 72.8 Å². The van der Waals surface area contributed by atoms with Gasteiger partial charge in [0, 0.05) is 25.8 Å². The molecule has 0 saturated carbocycles. The molecule has 0 fully saturated rings. The quantitative estimate of drug-likeness (QED) is 0.554. The Morgan fingerprint density at radius 2 is 1.76 bits per heavy atom. The second kappa shape index (κ2) is 9.90. The van der Waals surface area contributed by atoms with Crippen molar-refractivity contribution < 1.29 is 4.74 Å². The molecule has 0 radical (unpaired) electrons. The van der Waals surface area contributed by atoms with E-state index in [0.717, 1.165) is 19.8 Å². The van der Waals surface area contributed by atoms with Gasteiger partial charge in [-0.25, -0.2) is 0 Å². The first-order valence-electron chi connectivity index (χ1n) is 7.35. The molecule has 0 aromatic carbocycles. The standard InChI is InChI=1S/C15H33NO/c1-6-8-11-17-12-10-15(5,9-7-2)13-16-14(3)4/h14,16H,6-13H2,1-5H3. The summed E-state index contributed by atoms with van der Waals surface area (Å²) in [6, 6.07) is 0.576. The van der Waals surface area contributed by atoms with Crippen LogP contribution in [0.1, 0.15) is 66.7 Å². The third kappa shape index (κ3) is 9.61. The predicted octanol–water partition coefficient (Wildman–Crippen LogP) is 4.00. The van der Waals surface area contributed by atoms with Gasteiger partial charge in [-0.05, 0) is 24.7 Å². The fraction of sp³-hybridized carbons (Fsp3) is 1.00. The lowest BCUT2D eigenvalue weighted by atomic mass is 9.82. The lowest BCUT2D eigenvalue weighted by Crippen LogP contribution is -2.36. The highest BCUT2D eigenvalue weighted by Crippen LogP contribution is 2.27. The van der Waals surface area contributed by atoms with Crippen LogP contribution in [0, 0.1) is 5.41 Å². The molecular weight excluding hydrogens is 210 g/mol. The zero-order valence-corrected chi connectivity index (χ0v) is 12.6. The highest BCUT2D eigenvalue weighted by Gasteiger charge is 2.22. The van der Waals surface area contributed by atoms with E-state index in [1.165, 1.54) is 32.1 Å². The van der Waals surface area contributed by atoms with E-state index >= 15 is 0 Å². The summed E-state index contributed by atoms with van der Waals surface area (Å²) >= 11 is 0. The van der Waals surface area contributed by atoms with Crippen molar-refractivity contribution >= 4 is 0 Å². The van der Waals surface area contributed by atoms with Crippen molar-refractivity contribution in [3.8, 4) is 0 Å². The molecule has 0 aliphatic heterocycles. The van der Waals surface area contributed by atoms with E-state index in [0.29, 0.717) is 11.5 Å². The van der Waals surface area contributed by atoms with Gasteiger partial charge in [0.25, 0.3) is 0 Å². The number of nitrogens with one attached hydrogen (secondary N) is 1. The normalized spacial score (nSPS) is 15.2. The molecule has 0 bridgehead atoms. The van der Waals surface area contributed by atoms with Crippen LogP contribution in [0.2, 0.25) is 0 Å². The van der Waals surface area contributed by atoms with Gasteiger partial charge < -0.3 is 10.1 Å². The number of ether oxygens (including phenoxy) is 1. The number of unbranched alkanes of at least 4 members (excludes halogenated alkanes) is 1. The molecule has 1 atom stereocenters. The largest absolute Gasteiger partial charge is 0.381 e. The SMILES string of the molecule is CCCCOCCC(C)(CCC)CNC(C)C. The Bertz CT molecular complexity index is 170. The Balaban J connectivity index is 3.85. The summed E-state index contributed by atoms with van der Waals surface area (Å²) in [5.41, 5.74) is 0.394. The Labute approximate surface area is 109 Å². The first kappa shape index (κ1) is 16.9. The molecule has 0 saturated heterocycles. The Morgan fingerprint density at radius 3 is 2.29 bits per heavy atom. The highest BCUT2D eigenvalue weighted by molar-refractivity contribution is 4.77. The second-order valence-corrected chi connectivity index (χ2v) is 5.81. The fourth-order valence-electron chi connectivity index (χ4n) is 2.02. The Morgan fingerprint density at radius 1 is 1.06 bits per heavy atom. The van der Waals surface area contributed by atoms with Gasteiger partial charge >= 0.3 is 0 Å². The van der Waals surface area contributed by atoms with Crippen molar-refractivity contribution in [1.29, 1.82) is 0 Å². The molecule has 0 aromatic rings. The summed E-state index contributed by atoms with van der Waals surface area (Å²) < 4.78 is 5.70. The first-order valence-corrected chi connectivity index (χ1v) is 7.35. The van der Waals surface area contributed by atoms with Crippen LogP contribution in [0.3, 0.4) is 0 Å². The van der Waals surface area contributed by atoms with Crippen LogP contribution >= 0.6 is 0 Å². The lowest BCUT2D eigenvalue weighted by Gasteiger charge is -2.30. The maximum Gasteiger partial charge on any atom is 0.0471 e. The predicted molar refractivity (Wildman–Crippen MR) is 76.5 cm³/mol. The van der Waals surface area contributed by atoms with Gasteiger partial charge in [-0.15, -0.1) is 0 Å². The van der Waals surface area contributed by atoms with Gasteiger partial charge in [0.15, 0.2) is 0 Å². The molecule has 104 valence electrons. The maximum absolute atomic E-state index is 5.70. The molecule has 1 N–H and O–H groups in total. The van der Waals surface area contributed by atoms with Crippen LogP contribution in [0.15, 0.2) is 0 Å². The van der Waals surface area contributed by atoms with Crippen molar-refractivity contribution in [1.82, 2.24) is 5.32 Å². The minimum Gasteiger partial charge on any atom is -0.381 e. The molecule has 0 aliphatic carbocycles. The molecule has 0 heterocycles. The van der Waals surface area contributed by atoms with Crippen LogP contribution in [0.25, 0.3) is 0 Å². The second-order valence-electron chi connectivity index (χ2n) is 5.81. The van der Waals surface area contributed by atoms with E-state index < -0.39 is 0 Å². The Hall–Kier alpha value is -0.0800. The van der Waals surface area contributed by atoms with Gasteiger partial charge in [-0.3, -0.25) is 0 Å². The minimum atomic E-state index is 0.394. The summed E-state index contributed by atoms with van der Waals surface area (Å²) in [4.78, 5) is 0. The van der Waals surface area contributed by atoms with Crippen LogP contribution in [-0.4, -0.2) is 25.8 Å². The lowest BCUT2D eigenvalue weighted by molar-refractivity contribution is 0.0917. The van der Waals surface area contributed by atoms with Crippen LogP contribution in [0.4, 0.5) is 0 Å². The van der Waals surface area contributed by atoms with E-state index in [4.69, 9.17) is 4.74 Å². The van der Waals surface area contributed by atoms with Gasteiger partial charge in [-0.2, -0.15) is 0 Å². The highest BCUT2D eigenvalue weighted by atomic mass is 16.5. The van der Waals surface area contributed by atoms with E-state index in [2.05, 4.69) is 39.9 Å². The van der Waals surface area contributed by atoms with Crippen LogP contribution in [-0.2, 0) is 4.74 Å². The smallest absolute Gasteiger partial charge is 0.0471 e. The van der Waals surface area contributed by atoms with Gasteiger partial charge in [0.2, 0.25) is 0 Å². The third-order valence-corrected chi connectivity index (χ3v) is 3.28. The molecule has 0 aromatic heterocycles. The third-order valence-electron chi connectivity index (χ3n) is 3.28. The molecule has 0 amide bonds. The van der Waals surface area contributed by atoms with Crippen molar-refractivity contribution in [3.05, 3.63) is 0 Å². The van der Waals surface area contributed by atoms with E-state index in [-0.39, 0.29) is 0 Å². The monoisotopic (exact) mass is 243 g/mol. The molecule has 2 nitrogen and oxygen atoms in total. The molecule has 0 spiro atoms. The van der Waals surface area contributed by atoms with Crippen LogP contribution in [0.5, 0.6) is 0 Å². The van der Waals surface area contributed by atoms with Crippen molar-refractivity contribution in [3.63, 3.8) is 0 Å². The number of hydrogen-bond donors (Lipinski definition) is 1. The zero-order valence-electron chi connectivity index (χ0n) is 12.6. The minimum absolute atomic E-state index is 0.394. The average molecular weight is 243 g/mol. The summed E-state index contributed by atoms with van der Waals surface area (Å²) in [6.07, 6.45) is 6.12. The van der Waals surface area contributed by atoms with Gasteiger partial charge in [-0.1, -0.05) is 47.5 Å². The van der Waals surface area contributed by atoms with E-state index in [9.17, 15) is 0 Å². The van der Waals surface area contributed by atoms with Crippen molar-refractivity contribution in [2.24, 2.45) is 5.41 Å². The number of rotatable bonds is 11. The van der Waals surface area contributed by atoms with Gasteiger partial charge in [0.1, 0.15) is 0 Å². The maximum atomic E-state index is 5.70. The Kier molecular flexibility index (Phi) is 9.85. The van der Waals surface area contributed by atoms with Crippen LogP contribution < -0.4 is 5.32 Å². The molecule has 2 heteroatoms. The summed E-state index contributed by atoms with van der Waals surface area (Å²) in [7, 11) is 0. The summed E-state index contributed by atoms with van der Waals surface area (Å²) in [6.45, 7) is 14.2. The zero-order chi connectivity index (χ0) is 13.1. The molecule has 0 aliphatic rings. The van der Waals surface area contributed by atoms with E-state index in [1.807, 2.05) is 0 Å². The summed E-state index contributed by atoms with van der Waals surface area (Å²) in [5.74, 6) is 0. The fourth-order valence-corrected chi connectivity index (χ4v) is 2.02. The molecule has 0 rings (SSSR count). The molecular formula is C15H33NO.